The van der Waals surface area contributed by atoms with Gasteiger partial charge in [0.25, 0.3) is 0 Å². The molecule has 0 saturated carbocycles. The number of benzene rings is 1. The Labute approximate surface area is 122 Å². The van der Waals surface area contributed by atoms with Crippen LogP contribution in [0.25, 0.3) is 0 Å². The molecular formula is C15H18BrN3. The zero-order chi connectivity index (χ0) is 13.7. The Morgan fingerprint density at radius 2 is 1.95 bits per heavy atom. The Hall–Kier alpha value is -1.39. The van der Waals surface area contributed by atoms with Crippen molar-refractivity contribution in [1.29, 1.82) is 0 Å². The fourth-order valence-electron chi connectivity index (χ4n) is 2.05. The van der Waals surface area contributed by atoms with Gasteiger partial charge in [0.2, 0.25) is 0 Å². The minimum absolute atomic E-state index is 0.850. The topological polar surface area (TPSA) is 28.2 Å². The molecule has 100 valence electrons. The van der Waals surface area contributed by atoms with Gasteiger partial charge in [0, 0.05) is 30.8 Å². The van der Waals surface area contributed by atoms with Crippen molar-refractivity contribution in [3.63, 3.8) is 0 Å². The lowest BCUT2D eigenvalue weighted by atomic mass is 10.1. The molecule has 3 nitrogen and oxygen atoms in total. The normalized spacial score (nSPS) is 10.5. The molecule has 1 N–H and O–H groups in total. The summed E-state index contributed by atoms with van der Waals surface area (Å²) in [4.78, 5) is 6.45. The Morgan fingerprint density at radius 1 is 1.21 bits per heavy atom. The van der Waals surface area contributed by atoms with E-state index in [0.29, 0.717) is 0 Å². The monoisotopic (exact) mass is 319 g/mol. The number of nitrogens with zero attached hydrogens (tertiary/aromatic N) is 2. The lowest BCUT2D eigenvalue weighted by Gasteiger charge is -2.22. The fraction of sp³-hybridized carbons (Fsp3) is 0.267. The van der Waals surface area contributed by atoms with Crippen LogP contribution in [0.3, 0.4) is 0 Å². The van der Waals surface area contributed by atoms with E-state index < -0.39 is 0 Å². The molecule has 1 heterocycles. The van der Waals surface area contributed by atoms with Crippen LogP contribution in [-0.4, -0.2) is 19.1 Å². The van der Waals surface area contributed by atoms with Crippen LogP contribution < -0.4 is 10.2 Å². The van der Waals surface area contributed by atoms with E-state index in [-0.39, 0.29) is 0 Å². The molecule has 0 radical (unpaired) electrons. The molecule has 0 saturated heterocycles. The lowest BCUT2D eigenvalue weighted by Crippen LogP contribution is -2.19. The van der Waals surface area contributed by atoms with Gasteiger partial charge in [-0.15, -0.1) is 0 Å². The minimum atomic E-state index is 0.850. The van der Waals surface area contributed by atoms with Gasteiger partial charge in [0.15, 0.2) is 0 Å². The van der Waals surface area contributed by atoms with Gasteiger partial charge in [0.1, 0.15) is 0 Å². The summed E-state index contributed by atoms with van der Waals surface area (Å²) in [6.45, 7) is 1.72. The predicted octanol–water partition coefficient (Wildman–Crippen LogP) is 3.20. The van der Waals surface area contributed by atoms with Gasteiger partial charge in [-0.2, -0.15) is 0 Å². The first-order valence-corrected chi connectivity index (χ1v) is 7.03. The number of pyridine rings is 1. The Morgan fingerprint density at radius 3 is 2.63 bits per heavy atom. The number of halogens is 1. The molecule has 0 atom stereocenters. The molecule has 0 aliphatic carbocycles. The van der Waals surface area contributed by atoms with Crippen LogP contribution in [0.1, 0.15) is 11.1 Å². The first-order chi connectivity index (χ1) is 9.20. The average Bonchev–Trinajstić information content (AvgIpc) is 2.42. The number of hydrogen-bond donors (Lipinski definition) is 1. The number of anilines is 1. The highest BCUT2D eigenvalue weighted by atomic mass is 79.9. The molecule has 0 spiro atoms. The smallest absolute Gasteiger partial charge is 0.0598 e. The fourth-order valence-corrected chi connectivity index (χ4v) is 2.31. The Bertz CT molecular complexity index is 525. The van der Waals surface area contributed by atoms with Gasteiger partial charge in [0.05, 0.1) is 11.9 Å². The molecule has 4 heteroatoms. The SMILES string of the molecule is CNCc1ccncc1N(C)Cc1ccc(Br)cc1. The van der Waals surface area contributed by atoms with Crippen molar-refractivity contribution < 1.29 is 0 Å². The van der Waals surface area contributed by atoms with Crippen LogP contribution in [0, 0.1) is 0 Å². The molecule has 1 aromatic carbocycles. The van der Waals surface area contributed by atoms with E-state index in [1.807, 2.05) is 19.4 Å². The van der Waals surface area contributed by atoms with E-state index in [1.165, 1.54) is 16.8 Å². The number of rotatable bonds is 5. The average molecular weight is 320 g/mol. The van der Waals surface area contributed by atoms with Crippen molar-refractivity contribution in [3.8, 4) is 0 Å². The molecule has 2 aromatic rings. The maximum absolute atomic E-state index is 4.23. The van der Waals surface area contributed by atoms with Gasteiger partial charge in [-0.05, 0) is 36.4 Å². The zero-order valence-electron chi connectivity index (χ0n) is 11.2. The van der Waals surface area contributed by atoms with E-state index in [4.69, 9.17) is 0 Å². The number of hydrogen-bond acceptors (Lipinski definition) is 3. The summed E-state index contributed by atoms with van der Waals surface area (Å²) in [5, 5.41) is 3.19. The molecule has 0 aliphatic rings. The van der Waals surface area contributed by atoms with E-state index in [9.17, 15) is 0 Å². The molecule has 0 bridgehead atoms. The van der Waals surface area contributed by atoms with Crippen molar-refractivity contribution in [2.75, 3.05) is 19.0 Å². The van der Waals surface area contributed by atoms with E-state index in [1.54, 1.807) is 0 Å². The van der Waals surface area contributed by atoms with Gasteiger partial charge >= 0.3 is 0 Å². The molecule has 0 aliphatic heterocycles. The third-order valence-electron chi connectivity index (χ3n) is 3.00. The molecule has 19 heavy (non-hydrogen) atoms. The van der Waals surface area contributed by atoms with Gasteiger partial charge < -0.3 is 10.2 Å². The second-order valence-electron chi connectivity index (χ2n) is 4.52. The Balaban J connectivity index is 2.15. The molecular weight excluding hydrogens is 302 g/mol. The Kier molecular flexibility index (Phi) is 4.93. The summed E-state index contributed by atoms with van der Waals surface area (Å²) < 4.78 is 1.11. The number of nitrogens with one attached hydrogen (secondary N) is 1. The van der Waals surface area contributed by atoms with E-state index in [0.717, 1.165) is 17.6 Å². The minimum Gasteiger partial charge on any atom is -0.369 e. The summed E-state index contributed by atoms with van der Waals surface area (Å²) in [6, 6.07) is 10.5. The maximum atomic E-state index is 4.23. The first kappa shape index (κ1) is 14.0. The van der Waals surface area contributed by atoms with Gasteiger partial charge in [-0.3, -0.25) is 4.98 Å². The van der Waals surface area contributed by atoms with Crippen molar-refractivity contribution >= 4 is 21.6 Å². The molecule has 0 fully saturated rings. The molecule has 1 aromatic heterocycles. The second-order valence-corrected chi connectivity index (χ2v) is 5.43. The van der Waals surface area contributed by atoms with Crippen LogP contribution in [0.4, 0.5) is 5.69 Å². The highest BCUT2D eigenvalue weighted by molar-refractivity contribution is 9.10. The van der Waals surface area contributed by atoms with Crippen LogP contribution in [0.2, 0.25) is 0 Å². The lowest BCUT2D eigenvalue weighted by molar-refractivity contribution is 0.802. The highest BCUT2D eigenvalue weighted by Crippen LogP contribution is 2.20. The van der Waals surface area contributed by atoms with Crippen LogP contribution in [0.15, 0.2) is 47.2 Å². The zero-order valence-corrected chi connectivity index (χ0v) is 12.8. The summed E-state index contributed by atoms with van der Waals surface area (Å²) in [5.41, 5.74) is 3.71. The molecule has 2 rings (SSSR count). The van der Waals surface area contributed by atoms with E-state index >= 15 is 0 Å². The number of aromatic nitrogens is 1. The van der Waals surface area contributed by atoms with Crippen molar-refractivity contribution in [3.05, 3.63) is 58.3 Å². The van der Waals surface area contributed by atoms with Crippen molar-refractivity contribution in [1.82, 2.24) is 10.3 Å². The standard InChI is InChI=1S/C15H18BrN3/c1-17-9-13-7-8-18-10-15(13)19(2)11-12-3-5-14(16)6-4-12/h3-8,10,17H,9,11H2,1-2H3. The van der Waals surface area contributed by atoms with Gasteiger partial charge in [-0.25, -0.2) is 0 Å². The summed E-state index contributed by atoms with van der Waals surface area (Å²) >= 11 is 3.46. The van der Waals surface area contributed by atoms with Crippen molar-refractivity contribution in [2.45, 2.75) is 13.1 Å². The molecule has 0 amide bonds. The third-order valence-corrected chi connectivity index (χ3v) is 3.53. The summed E-state index contributed by atoms with van der Waals surface area (Å²) in [7, 11) is 4.05. The largest absolute Gasteiger partial charge is 0.369 e. The quantitative estimate of drug-likeness (QED) is 0.917. The first-order valence-electron chi connectivity index (χ1n) is 6.24. The molecule has 0 unspecified atom stereocenters. The van der Waals surface area contributed by atoms with Gasteiger partial charge in [-0.1, -0.05) is 28.1 Å². The van der Waals surface area contributed by atoms with Crippen molar-refractivity contribution in [2.24, 2.45) is 0 Å². The summed E-state index contributed by atoms with van der Waals surface area (Å²) in [6.07, 6.45) is 3.76. The van der Waals surface area contributed by atoms with E-state index in [2.05, 4.69) is 68.5 Å². The third kappa shape index (κ3) is 3.78. The van der Waals surface area contributed by atoms with Crippen LogP contribution in [-0.2, 0) is 13.1 Å². The highest BCUT2D eigenvalue weighted by Gasteiger charge is 2.07. The van der Waals surface area contributed by atoms with Crippen LogP contribution >= 0.6 is 15.9 Å². The second kappa shape index (κ2) is 6.68. The van der Waals surface area contributed by atoms with Crippen LogP contribution in [0.5, 0.6) is 0 Å². The predicted molar refractivity (Wildman–Crippen MR) is 83.2 cm³/mol. The summed E-state index contributed by atoms with van der Waals surface area (Å²) in [5.74, 6) is 0. The maximum Gasteiger partial charge on any atom is 0.0598 e.